The van der Waals surface area contributed by atoms with Crippen molar-refractivity contribution in [1.29, 1.82) is 0 Å². The molecule has 0 unspecified atom stereocenters. The molecule has 1 saturated carbocycles. The van der Waals surface area contributed by atoms with Crippen LogP contribution in [0.25, 0.3) is 0 Å². The Morgan fingerprint density at radius 3 is 2.80 bits per heavy atom. The van der Waals surface area contributed by atoms with Gasteiger partial charge in [0.05, 0.1) is 25.8 Å². The second-order valence-corrected chi connectivity index (χ2v) is 5.21. The molecule has 3 heteroatoms. The highest BCUT2D eigenvalue weighted by Crippen LogP contribution is 2.25. The number of ether oxygens (including phenoxy) is 2. The Hall–Kier alpha value is -1.50. The van der Waals surface area contributed by atoms with Gasteiger partial charge in [0, 0.05) is 6.61 Å². The van der Waals surface area contributed by atoms with Crippen molar-refractivity contribution in [2.45, 2.75) is 32.3 Å². The van der Waals surface area contributed by atoms with Crippen molar-refractivity contribution < 1.29 is 9.47 Å². The summed E-state index contributed by atoms with van der Waals surface area (Å²) in [4.78, 5) is 0. The van der Waals surface area contributed by atoms with E-state index in [9.17, 15) is 0 Å². The maximum Gasteiger partial charge on any atom is 0.134 e. The molecule has 0 atom stereocenters. The molecule has 0 amide bonds. The van der Waals surface area contributed by atoms with Gasteiger partial charge in [-0.1, -0.05) is 30.7 Å². The lowest BCUT2D eigenvalue weighted by molar-refractivity contribution is 0.0888. The lowest BCUT2D eigenvalue weighted by Gasteiger charge is -2.11. The highest BCUT2D eigenvalue weighted by atomic mass is 16.5. The van der Waals surface area contributed by atoms with Gasteiger partial charge in [0.15, 0.2) is 0 Å². The van der Waals surface area contributed by atoms with Crippen molar-refractivity contribution in [1.82, 2.24) is 0 Å². The maximum atomic E-state index is 5.82. The van der Waals surface area contributed by atoms with E-state index < -0.39 is 0 Å². The normalized spacial score (nSPS) is 14.9. The van der Waals surface area contributed by atoms with E-state index in [-0.39, 0.29) is 0 Å². The fourth-order valence-electron chi connectivity index (χ4n) is 2.61. The van der Waals surface area contributed by atoms with E-state index in [0.29, 0.717) is 13.2 Å². The highest BCUT2D eigenvalue weighted by Gasteiger charge is 2.14. The molecule has 108 valence electrons. The van der Waals surface area contributed by atoms with Gasteiger partial charge in [-0.3, -0.25) is 0 Å². The first kappa shape index (κ1) is 14.9. The number of rotatable bonds is 5. The van der Waals surface area contributed by atoms with Gasteiger partial charge in [0.1, 0.15) is 5.75 Å². The molecule has 1 aromatic carbocycles. The van der Waals surface area contributed by atoms with Gasteiger partial charge >= 0.3 is 0 Å². The molecule has 0 aliphatic heterocycles. The standard InChI is InChI=1S/C17H23NO2/c1-19-17-9-8-15(11-16(17)7-4-10-18)13-20-12-14-5-2-3-6-14/h8-9,11,14H,2-3,5-6,10,12-13,18H2,1H3. The van der Waals surface area contributed by atoms with Gasteiger partial charge in [-0.25, -0.2) is 0 Å². The van der Waals surface area contributed by atoms with Crippen LogP contribution >= 0.6 is 0 Å². The zero-order valence-electron chi connectivity index (χ0n) is 12.2. The molecule has 0 aromatic heterocycles. The molecule has 0 saturated heterocycles. The van der Waals surface area contributed by atoms with Crippen LogP contribution in [0.2, 0.25) is 0 Å². The first-order valence-corrected chi connectivity index (χ1v) is 7.27. The van der Waals surface area contributed by atoms with Crippen LogP contribution in [0.3, 0.4) is 0 Å². The van der Waals surface area contributed by atoms with Crippen molar-refractivity contribution in [3.63, 3.8) is 0 Å². The first-order chi connectivity index (χ1) is 9.83. The van der Waals surface area contributed by atoms with E-state index in [2.05, 4.69) is 11.8 Å². The van der Waals surface area contributed by atoms with Crippen molar-refractivity contribution in [3.8, 4) is 17.6 Å². The summed E-state index contributed by atoms with van der Waals surface area (Å²) in [5.41, 5.74) is 7.42. The average molecular weight is 273 g/mol. The second kappa shape index (κ2) is 7.94. The molecule has 1 aliphatic carbocycles. The van der Waals surface area contributed by atoms with Crippen LogP contribution in [-0.4, -0.2) is 20.3 Å². The summed E-state index contributed by atoms with van der Waals surface area (Å²) in [5, 5.41) is 0. The molecular weight excluding hydrogens is 250 g/mol. The highest BCUT2D eigenvalue weighted by molar-refractivity contribution is 5.48. The Balaban J connectivity index is 1.93. The Labute approximate surface area is 121 Å². The monoisotopic (exact) mass is 273 g/mol. The molecule has 0 heterocycles. The molecule has 0 radical (unpaired) electrons. The third-order valence-electron chi connectivity index (χ3n) is 3.69. The lowest BCUT2D eigenvalue weighted by atomic mass is 10.1. The minimum atomic E-state index is 0.353. The smallest absolute Gasteiger partial charge is 0.134 e. The zero-order valence-corrected chi connectivity index (χ0v) is 12.2. The average Bonchev–Trinajstić information content (AvgIpc) is 2.98. The third kappa shape index (κ3) is 4.26. The Morgan fingerprint density at radius 2 is 2.10 bits per heavy atom. The zero-order chi connectivity index (χ0) is 14.2. The van der Waals surface area contributed by atoms with Crippen LogP contribution in [0, 0.1) is 17.8 Å². The van der Waals surface area contributed by atoms with Gasteiger partial charge < -0.3 is 15.2 Å². The van der Waals surface area contributed by atoms with Gasteiger partial charge in [-0.15, -0.1) is 0 Å². The molecular formula is C17H23NO2. The summed E-state index contributed by atoms with van der Waals surface area (Å²) in [6.07, 6.45) is 5.34. The molecule has 0 spiro atoms. The summed E-state index contributed by atoms with van der Waals surface area (Å²) < 4.78 is 11.1. The largest absolute Gasteiger partial charge is 0.495 e. The topological polar surface area (TPSA) is 44.5 Å². The van der Waals surface area contributed by atoms with Crippen molar-refractivity contribution in [2.75, 3.05) is 20.3 Å². The molecule has 1 fully saturated rings. The van der Waals surface area contributed by atoms with Crippen molar-refractivity contribution >= 4 is 0 Å². The summed E-state index contributed by atoms with van der Waals surface area (Å²) in [7, 11) is 1.65. The van der Waals surface area contributed by atoms with Crippen LogP contribution in [-0.2, 0) is 11.3 Å². The Bertz CT molecular complexity index is 481. The lowest BCUT2D eigenvalue weighted by Crippen LogP contribution is -2.05. The van der Waals surface area contributed by atoms with Crippen LogP contribution in [0.5, 0.6) is 5.75 Å². The molecule has 3 nitrogen and oxygen atoms in total. The molecule has 1 aliphatic rings. The van der Waals surface area contributed by atoms with Crippen LogP contribution in [0.15, 0.2) is 18.2 Å². The minimum Gasteiger partial charge on any atom is -0.495 e. The van der Waals surface area contributed by atoms with Gasteiger partial charge in [-0.2, -0.15) is 0 Å². The maximum absolute atomic E-state index is 5.82. The second-order valence-electron chi connectivity index (χ2n) is 5.21. The summed E-state index contributed by atoms with van der Waals surface area (Å²) in [6.45, 7) is 1.86. The summed E-state index contributed by atoms with van der Waals surface area (Å²) in [6, 6.07) is 5.99. The number of hydrogen-bond donors (Lipinski definition) is 1. The van der Waals surface area contributed by atoms with Gasteiger partial charge in [-0.05, 0) is 36.5 Å². The van der Waals surface area contributed by atoms with Crippen molar-refractivity contribution in [2.24, 2.45) is 11.7 Å². The van der Waals surface area contributed by atoms with Crippen molar-refractivity contribution in [3.05, 3.63) is 29.3 Å². The Morgan fingerprint density at radius 1 is 1.30 bits per heavy atom. The van der Waals surface area contributed by atoms with Crippen LogP contribution < -0.4 is 10.5 Å². The quantitative estimate of drug-likeness (QED) is 0.839. The fourth-order valence-corrected chi connectivity index (χ4v) is 2.61. The SMILES string of the molecule is COc1ccc(COCC2CCCC2)cc1C#CCN. The number of methoxy groups -OCH3 is 1. The molecule has 2 rings (SSSR count). The summed E-state index contributed by atoms with van der Waals surface area (Å²) >= 11 is 0. The predicted octanol–water partition coefficient (Wildman–Crippen LogP) is 2.71. The van der Waals surface area contributed by atoms with E-state index in [1.807, 2.05) is 18.2 Å². The van der Waals surface area contributed by atoms with Gasteiger partial charge in [0.25, 0.3) is 0 Å². The molecule has 1 aromatic rings. The fraction of sp³-hybridized carbons (Fsp3) is 0.529. The van der Waals surface area contributed by atoms with E-state index in [1.54, 1.807) is 7.11 Å². The van der Waals surface area contributed by atoms with E-state index >= 15 is 0 Å². The van der Waals surface area contributed by atoms with Crippen LogP contribution in [0.1, 0.15) is 36.8 Å². The van der Waals surface area contributed by atoms with E-state index in [1.165, 1.54) is 25.7 Å². The number of benzene rings is 1. The summed E-state index contributed by atoms with van der Waals surface area (Å²) in [5.74, 6) is 7.44. The van der Waals surface area contributed by atoms with E-state index in [4.69, 9.17) is 15.2 Å². The number of hydrogen-bond acceptors (Lipinski definition) is 3. The molecule has 20 heavy (non-hydrogen) atoms. The van der Waals surface area contributed by atoms with E-state index in [0.717, 1.165) is 29.4 Å². The number of nitrogens with two attached hydrogens (primary N) is 1. The van der Waals surface area contributed by atoms with Gasteiger partial charge in [0.2, 0.25) is 0 Å². The predicted molar refractivity (Wildman–Crippen MR) is 80.5 cm³/mol. The van der Waals surface area contributed by atoms with Crippen LogP contribution in [0.4, 0.5) is 0 Å². The molecule has 0 bridgehead atoms. The first-order valence-electron chi connectivity index (χ1n) is 7.27. The third-order valence-corrected chi connectivity index (χ3v) is 3.69. The Kier molecular flexibility index (Phi) is 5.91. The minimum absolute atomic E-state index is 0.353. The molecule has 2 N–H and O–H groups in total.